The molecule has 1 heterocycles. The predicted octanol–water partition coefficient (Wildman–Crippen LogP) is 3.60. The topological polar surface area (TPSA) is 3.88 Å². The number of thiol groups is 1. The SMILES string of the molecule is C[n+]1cc(C#Cc2ccc(S)cc2)ccc1C#Cc1ccccc1. The van der Waals surface area contributed by atoms with E-state index in [4.69, 9.17) is 0 Å². The van der Waals surface area contributed by atoms with Gasteiger partial charge in [0, 0.05) is 28.0 Å². The Hall–Kier alpha value is -2.94. The Labute approximate surface area is 148 Å². The van der Waals surface area contributed by atoms with E-state index in [1.54, 1.807) is 0 Å². The van der Waals surface area contributed by atoms with Crippen LogP contribution in [-0.4, -0.2) is 0 Å². The van der Waals surface area contributed by atoms with Crippen LogP contribution in [0, 0.1) is 23.7 Å². The standard InChI is InChI=1S/C22H15NS/c1-23-17-20(8-7-19-11-15-22(24)16-12-19)10-14-21(23)13-9-18-5-3-2-4-6-18/h2-6,10-12,14-17H,1H3/p+1. The maximum Gasteiger partial charge on any atom is 0.257 e. The second kappa shape index (κ2) is 7.55. The molecular weight excluding hydrogens is 310 g/mol. The summed E-state index contributed by atoms with van der Waals surface area (Å²) in [6, 6.07) is 21.8. The molecule has 0 aliphatic heterocycles. The van der Waals surface area contributed by atoms with E-state index in [1.165, 1.54) is 0 Å². The van der Waals surface area contributed by atoms with E-state index in [1.807, 2.05) is 84.5 Å². The summed E-state index contributed by atoms with van der Waals surface area (Å²) in [5, 5.41) is 0. The van der Waals surface area contributed by atoms with Gasteiger partial charge in [-0.3, -0.25) is 0 Å². The van der Waals surface area contributed by atoms with Crippen molar-refractivity contribution < 1.29 is 4.57 Å². The molecule has 0 bridgehead atoms. The summed E-state index contributed by atoms with van der Waals surface area (Å²) in [6.45, 7) is 0. The molecule has 1 aromatic heterocycles. The van der Waals surface area contributed by atoms with Gasteiger partial charge in [-0.1, -0.05) is 36.0 Å². The number of benzene rings is 2. The van der Waals surface area contributed by atoms with E-state index in [0.29, 0.717) is 0 Å². The molecule has 0 N–H and O–H groups in total. The number of pyridine rings is 1. The fourth-order valence-corrected chi connectivity index (χ4v) is 2.31. The molecule has 3 rings (SSSR count). The zero-order valence-corrected chi connectivity index (χ0v) is 14.2. The molecule has 3 aromatic rings. The molecule has 2 aromatic carbocycles. The average Bonchev–Trinajstić information content (AvgIpc) is 2.61. The van der Waals surface area contributed by atoms with Crippen LogP contribution >= 0.6 is 12.6 Å². The molecule has 0 saturated carbocycles. The molecule has 0 saturated heterocycles. The van der Waals surface area contributed by atoms with E-state index < -0.39 is 0 Å². The van der Waals surface area contributed by atoms with Crippen LogP contribution in [-0.2, 0) is 7.05 Å². The Morgan fingerprint density at radius 1 is 0.667 bits per heavy atom. The molecule has 1 nitrogen and oxygen atoms in total. The largest absolute Gasteiger partial charge is 0.257 e. The first-order valence-corrected chi connectivity index (χ1v) is 8.03. The third-order valence-electron chi connectivity index (χ3n) is 3.46. The van der Waals surface area contributed by atoms with Crippen LogP contribution in [0.5, 0.6) is 0 Å². The number of aromatic nitrogens is 1. The van der Waals surface area contributed by atoms with Crippen LogP contribution in [0.1, 0.15) is 22.4 Å². The Balaban J connectivity index is 1.81. The zero-order valence-electron chi connectivity index (χ0n) is 13.3. The molecule has 0 aliphatic carbocycles. The van der Waals surface area contributed by atoms with Crippen molar-refractivity contribution in [3.05, 3.63) is 95.3 Å². The summed E-state index contributed by atoms with van der Waals surface area (Å²) in [5.41, 5.74) is 3.89. The van der Waals surface area contributed by atoms with Gasteiger partial charge in [0.25, 0.3) is 5.69 Å². The van der Waals surface area contributed by atoms with Crippen molar-refractivity contribution in [1.29, 1.82) is 0 Å². The third-order valence-corrected chi connectivity index (χ3v) is 3.76. The van der Waals surface area contributed by atoms with Gasteiger partial charge in [-0.2, -0.15) is 4.57 Å². The summed E-state index contributed by atoms with van der Waals surface area (Å²) in [7, 11) is 1.98. The molecule has 24 heavy (non-hydrogen) atoms. The van der Waals surface area contributed by atoms with Crippen LogP contribution in [0.15, 0.2) is 77.8 Å². The molecular formula is C22H16NS+. The van der Waals surface area contributed by atoms with Gasteiger partial charge in [0.15, 0.2) is 6.20 Å². The molecule has 0 aliphatic rings. The highest BCUT2D eigenvalue weighted by atomic mass is 32.1. The van der Waals surface area contributed by atoms with E-state index in [-0.39, 0.29) is 0 Å². The molecule has 0 unspecified atom stereocenters. The number of hydrogen-bond donors (Lipinski definition) is 1. The summed E-state index contributed by atoms with van der Waals surface area (Å²) in [6.07, 6.45) is 2.00. The highest BCUT2D eigenvalue weighted by Crippen LogP contribution is 2.07. The molecule has 0 fully saturated rings. The Kier molecular flexibility index (Phi) is 5.02. The number of nitrogens with zero attached hydrogens (tertiary/aromatic N) is 1. The molecule has 114 valence electrons. The van der Waals surface area contributed by atoms with Gasteiger partial charge in [0.2, 0.25) is 0 Å². The highest BCUT2D eigenvalue weighted by molar-refractivity contribution is 7.80. The maximum atomic E-state index is 4.28. The van der Waals surface area contributed by atoms with Crippen LogP contribution < -0.4 is 4.57 Å². The smallest absolute Gasteiger partial charge is 0.193 e. The predicted molar refractivity (Wildman–Crippen MR) is 99.7 cm³/mol. The fraction of sp³-hybridized carbons (Fsp3) is 0.0455. The van der Waals surface area contributed by atoms with Gasteiger partial charge in [-0.25, -0.2) is 0 Å². The number of hydrogen-bond acceptors (Lipinski definition) is 1. The van der Waals surface area contributed by atoms with Crippen LogP contribution in [0.4, 0.5) is 0 Å². The van der Waals surface area contributed by atoms with Crippen molar-refractivity contribution in [3.8, 4) is 23.7 Å². The van der Waals surface area contributed by atoms with Crippen molar-refractivity contribution in [1.82, 2.24) is 0 Å². The van der Waals surface area contributed by atoms with Gasteiger partial charge < -0.3 is 0 Å². The normalized spacial score (nSPS) is 9.42. The Bertz CT molecular complexity index is 966. The van der Waals surface area contributed by atoms with E-state index in [0.717, 1.165) is 27.3 Å². The maximum absolute atomic E-state index is 4.28. The van der Waals surface area contributed by atoms with Crippen LogP contribution in [0.2, 0.25) is 0 Å². The van der Waals surface area contributed by atoms with Gasteiger partial charge in [-0.05, 0) is 42.5 Å². The second-order valence-corrected chi connectivity index (χ2v) is 5.84. The van der Waals surface area contributed by atoms with Crippen molar-refractivity contribution in [2.75, 3.05) is 0 Å². The lowest BCUT2D eigenvalue weighted by atomic mass is 10.2. The Morgan fingerprint density at radius 3 is 1.96 bits per heavy atom. The number of aryl methyl sites for hydroxylation is 1. The van der Waals surface area contributed by atoms with E-state index in [9.17, 15) is 0 Å². The monoisotopic (exact) mass is 326 g/mol. The fourth-order valence-electron chi connectivity index (χ4n) is 2.16. The van der Waals surface area contributed by atoms with E-state index in [2.05, 4.69) is 36.3 Å². The molecule has 0 spiro atoms. The first-order valence-electron chi connectivity index (χ1n) is 7.58. The third kappa shape index (κ3) is 4.29. The average molecular weight is 326 g/mol. The van der Waals surface area contributed by atoms with Crippen LogP contribution in [0.25, 0.3) is 0 Å². The zero-order chi connectivity index (χ0) is 16.8. The van der Waals surface area contributed by atoms with Gasteiger partial charge in [0.05, 0.1) is 5.56 Å². The summed E-state index contributed by atoms with van der Waals surface area (Å²) < 4.78 is 2.00. The van der Waals surface area contributed by atoms with Crippen molar-refractivity contribution >= 4 is 12.6 Å². The summed E-state index contributed by atoms with van der Waals surface area (Å²) >= 11 is 4.28. The minimum absolute atomic E-state index is 0.938. The lowest BCUT2D eigenvalue weighted by molar-refractivity contribution is -0.674. The minimum Gasteiger partial charge on any atom is -0.193 e. The minimum atomic E-state index is 0.938. The molecule has 2 heteroatoms. The Morgan fingerprint density at radius 2 is 1.25 bits per heavy atom. The second-order valence-electron chi connectivity index (χ2n) is 5.33. The highest BCUT2D eigenvalue weighted by Gasteiger charge is 2.03. The lowest BCUT2D eigenvalue weighted by Gasteiger charge is -1.94. The summed E-state index contributed by atoms with van der Waals surface area (Å²) in [5.74, 6) is 12.7. The molecule has 0 atom stereocenters. The van der Waals surface area contributed by atoms with E-state index >= 15 is 0 Å². The summed E-state index contributed by atoms with van der Waals surface area (Å²) in [4.78, 5) is 0.938. The van der Waals surface area contributed by atoms with Crippen LogP contribution in [0.3, 0.4) is 0 Å². The van der Waals surface area contributed by atoms with Crippen molar-refractivity contribution in [2.24, 2.45) is 7.05 Å². The quantitative estimate of drug-likeness (QED) is 0.366. The van der Waals surface area contributed by atoms with Crippen molar-refractivity contribution in [2.45, 2.75) is 4.90 Å². The molecule has 0 radical (unpaired) electrons. The number of rotatable bonds is 0. The van der Waals surface area contributed by atoms with Gasteiger partial charge in [0.1, 0.15) is 7.05 Å². The van der Waals surface area contributed by atoms with Crippen molar-refractivity contribution in [3.63, 3.8) is 0 Å². The first-order chi connectivity index (χ1) is 11.7. The lowest BCUT2D eigenvalue weighted by Crippen LogP contribution is -2.32. The van der Waals surface area contributed by atoms with Gasteiger partial charge in [-0.15, -0.1) is 12.6 Å². The van der Waals surface area contributed by atoms with Gasteiger partial charge >= 0.3 is 0 Å². The molecule has 0 amide bonds. The first kappa shape index (κ1) is 15.9.